The van der Waals surface area contributed by atoms with E-state index in [1.165, 1.54) is 0 Å². The van der Waals surface area contributed by atoms with Gasteiger partial charge in [-0.05, 0) is 19.9 Å². The van der Waals surface area contributed by atoms with E-state index < -0.39 is 5.63 Å². The zero-order valence-corrected chi connectivity index (χ0v) is 8.52. The molecule has 76 valence electrons. The molecule has 4 nitrogen and oxygen atoms in total. The fraction of sp³-hybridized carbons (Fsp3) is 0.182. The lowest BCUT2D eigenvalue weighted by Gasteiger charge is -2.05. The molecule has 2 rings (SSSR count). The zero-order chi connectivity index (χ0) is 10.8. The van der Waals surface area contributed by atoms with E-state index in [-0.39, 0.29) is 0 Å². The zero-order valence-electron chi connectivity index (χ0n) is 8.52. The third-order valence-corrected chi connectivity index (χ3v) is 2.26. The van der Waals surface area contributed by atoms with E-state index >= 15 is 0 Å². The van der Waals surface area contributed by atoms with E-state index in [9.17, 15) is 4.79 Å². The third-order valence-electron chi connectivity index (χ3n) is 2.26. The molecule has 0 aliphatic heterocycles. The second kappa shape index (κ2) is 3.65. The number of hydrogen-bond acceptors (Lipinski definition) is 4. The largest absolute Gasteiger partial charge is 0.362 e. The molecular weight excluding hydrogens is 192 g/mol. The molecule has 0 saturated carbocycles. The molecule has 0 aliphatic carbocycles. The third kappa shape index (κ3) is 1.66. The first kappa shape index (κ1) is 9.58. The number of nitrogens with zero attached hydrogens (tertiary/aromatic N) is 2. The summed E-state index contributed by atoms with van der Waals surface area (Å²) >= 11 is 0. The van der Waals surface area contributed by atoms with Crippen molar-refractivity contribution in [3.05, 3.63) is 46.2 Å². The summed E-state index contributed by atoms with van der Waals surface area (Å²) in [6, 6.07) is 3.71. The molecule has 0 radical (unpaired) electrons. The minimum absolute atomic E-state index is 0.403. The average Bonchev–Trinajstić information content (AvgIpc) is 2.26. The van der Waals surface area contributed by atoms with Crippen LogP contribution in [0.2, 0.25) is 0 Å². The van der Waals surface area contributed by atoms with Crippen LogP contribution in [0.3, 0.4) is 0 Å². The molecule has 0 saturated heterocycles. The molecule has 0 N–H and O–H groups in total. The Balaban J connectivity index is 2.73. The standard InChI is InChI=1S/C11H10N2O2/c1-7-10(8(2)13-15-11(7)14)9-4-3-5-12-6-9/h3-6H,1-2H3. The smallest absolute Gasteiger partial charge is 0.313 e. The Kier molecular flexibility index (Phi) is 2.33. The molecule has 2 aromatic rings. The van der Waals surface area contributed by atoms with Crippen molar-refractivity contribution in [2.24, 2.45) is 0 Å². The first-order chi connectivity index (χ1) is 7.20. The Morgan fingerprint density at radius 1 is 1.33 bits per heavy atom. The maximum atomic E-state index is 11.3. The SMILES string of the molecule is Cc1noc(=O)c(C)c1-c1cccnc1. The van der Waals surface area contributed by atoms with E-state index in [2.05, 4.69) is 14.7 Å². The van der Waals surface area contributed by atoms with Crippen LogP contribution in [0.1, 0.15) is 11.3 Å². The van der Waals surface area contributed by atoms with Crippen LogP contribution in [0, 0.1) is 13.8 Å². The number of aryl methyl sites for hydroxylation is 1. The normalized spacial score (nSPS) is 10.3. The number of pyridine rings is 1. The summed E-state index contributed by atoms with van der Waals surface area (Å²) in [4.78, 5) is 15.3. The molecule has 0 aromatic carbocycles. The lowest BCUT2D eigenvalue weighted by Crippen LogP contribution is -2.08. The van der Waals surface area contributed by atoms with Crippen molar-refractivity contribution >= 4 is 0 Å². The van der Waals surface area contributed by atoms with E-state index in [0.29, 0.717) is 11.3 Å². The minimum Gasteiger partial charge on any atom is -0.313 e. The molecule has 2 aromatic heterocycles. The highest BCUT2D eigenvalue weighted by Crippen LogP contribution is 2.22. The summed E-state index contributed by atoms with van der Waals surface area (Å²) in [5, 5.41) is 3.70. The molecule has 0 amide bonds. The van der Waals surface area contributed by atoms with Gasteiger partial charge in [-0.2, -0.15) is 0 Å². The molecule has 0 bridgehead atoms. The highest BCUT2D eigenvalue weighted by Gasteiger charge is 2.10. The molecule has 0 aliphatic rings. The predicted octanol–water partition coefficient (Wildman–Crippen LogP) is 1.71. The van der Waals surface area contributed by atoms with Gasteiger partial charge in [-0.3, -0.25) is 4.98 Å². The van der Waals surface area contributed by atoms with Gasteiger partial charge in [0.1, 0.15) is 0 Å². The Labute approximate surface area is 86.6 Å². The van der Waals surface area contributed by atoms with Crippen molar-refractivity contribution in [2.45, 2.75) is 13.8 Å². The Morgan fingerprint density at radius 3 is 2.80 bits per heavy atom. The lowest BCUT2D eigenvalue weighted by atomic mass is 10.0. The minimum atomic E-state index is -0.403. The summed E-state index contributed by atoms with van der Waals surface area (Å²) in [5.74, 6) is 0. The van der Waals surface area contributed by atoms with E-state index in [1.807, 2.05) is 12.1 Å². The highest BCUT2D eigenvalue weighted by atomic mass is 16.5. The second-order valence-corrected chi connectivity index (χ2v) is 3.30. The monoisotopic (exact) mass is 202 g/mol. The van der Waals surface area contributed by atoms with Gasteiger partial charge < -0.3 is 4.52 Å². The Hall–Kier alpha value is -1.97. The van der Waals surface area contributed by atoms with Crippen LogP contribution >= 0.6 is 0 Å². The van der Waals surface area contributed by atoms with Crippen LogP contribution in [0.5, 0.6) is 0 Å². The van der Waals surface area contributed by atoms with Gasteiger partial charge in [-0.15, -0.1) is 0 Å². The van der Waals surface area contributed by atoms with Gasteiger partial charge in [0.05, 0.1) is 5.69 Å². The molecule has 0 spiro atoms. The van der Waals surface area contributed by atoms with Crippen molar-refractivity contribution in [1.29, 1.82) is 0 Å². The summed E-state index contributed by atoms with van der Waals surface area (Å²) in [7, 11) is 0. The first-order valence-electron chi connectivity index (χ1n) is 4.57. The van der Waals surface area contributed by atoms with Crippen LogP contribution < -0.4 is 5.63 Å². The maximum Gasteiger partial charge on any atom is 0.362 e. The van der Waals surface area contributed by atoms with Crippen molar-refractivity contribution < 1.29 is 4.52 Å². The van der Waals surface area contributed by atoms with Gasteiger partial charge in [-0.1, -0.05) is 11.2 Å². The van der Waals surface area contributed by atoms with Crippen LogP contribution in [0.4, 0.5) is 0 Å². The summed E-state index contributed by atoms with van der Waals surface area (Å²) in [6.45, 7) is 3.53. The van der Waals surface area contributed by atoms with Gasteiger partial charge in [-0.25, -0.2) is 4.79 Å². The molecule has 0 unspecified atom stereocenters. The van der Waals surface area contributed by atoms with E-state index in [4.69, 9.17) is 0 Å². The number of rotatable bonds is 1. The molecular formula is C11H10N2O2. The van der Waals surface area contributed by atoms with Crippen molar-refractivity contribution in [3.63, 3.8) is 0 Å². The van der Waals surface area contributed by atoms with Gasteiger partial charge in [0.25, 0.3) is 0 Å². The number of aromatic nitrogens is 2. The fourth-order valence-electron chi connectivity index (χ4n) is 1.53. The van der Waals surface area contributed by atoms with Crippen molar-refractivity contribution in [3.8, 4) is 11.1 Å². The first-order valence-corrected chi connectivity index (χ1v) is 4.57. The molecule has 4 heteroatoms. The maximum absolute atomic E-state index is 11.3. The van der Waals surface area contributed by atoms with Crippen molar-refractivity contribution in [2.75, 3.05) is 0 Å². The molecule has 2 heterocycles. The fourth-order valence-corrected chi connectivity index (χ4v) is 1.53. The van der Waals surface area contributed by atoms with Gasteiger partial charge in [0.15, 0.2) is 0 Å². The molecule has 0 fully saturated rings. The molecule has 0 atom stereocenters. The number of hydrogen-bond donors (Lipinski definition) is 0. The highest BCUT2D eigenvalue weighted by molar-refractivity contribution is 5.67. The summed E-state index contributed by atoms with van der Waals surface area (Å²) < 4.78 is 4.62. The van der Waals surface area contributed by atoms with E-state index in [1.54, 1.807) is 26.2 Å². The Bertz CT molecular complexity index is 532. The lowest BCUT2D eigenvalue weighted by molar-refractivity contribution is 0.360. The van der Waals surface area contributed by atoms with Gasteiger partial charge in [0, 0.05) is 29.1 Å². The van der Waals surface area contributed by atoms with Crippen LogP contribution in [-0.2, 0) is 0 Å². The van der Waals surface area contributed by atoms with Crippen molar-refractivity contribution in [1.82, 2.24) is 10.1 Å². The molecule has 15 heavy (non-hydrogen) atoms. The van der Waals surface area contributed by atoms with Gasteiger partial charge in [0.2, 0.25) is 0 Å². The topological polar surface area (TPSA) is 56.0 Å². The summed E-state index contributed by atoms with van der Waals surface area (Å²) in [6.07, 6.45) is 3.39. The van der Waals surface area contributed by atoms with Crippen LogP contribution in [0.25, 0.3) is 11.1 Å². The average molecular weight is 202 g/mol. The quantitative estimate of drug-likeness (QED) is 0.706. The van der Waals surface area contributed by atoms with Gasteiger partial charge >= 0.3 is 5.63 Å². The van der Waals surface area contributed by atoms with Crippen LogP contribution in [-0.4, -0.2) is 10.1 Å². The second-order valence-electron chi connectivity index (χ2n) is 3.30. The predicted molar refractivity (Wildman–Crippen MR) is 55.5 cm³/mol. The Morgan fingerprint density at radius 2 is 2.13 bits per heavy atom. The van der Waals surface area contributed by atoms with E-state index in [0.717, 1.165) is 11.1 Å². The van der Waals surface area contributed by atoms with Crippen LogP contribution in [0.15, 0.2) is 33.8 Å². The summed E-state index contributed by atoms with van der Waals surface area (Å²) in [5.41, 5.74) is 2.54.